The summed E-state index contributed by atoms with van der Waals surface area (Å²) in [5.74, 6) is -1.09. The molecule has 0 unspecified atom stereocenters. The molecular weight excluding hydrogens is 351 g/mol. The average Bonchev–Trinajstić information content (AvgIpc) is 2.38. The molecule has 0 saturated carbocycles. The molecular formula is C11H17IN2O4. The quantitative estimate of drug-likeness (QED) is 0.300. The van der Waals surface area contributed by atoms with E-state index in [0.717, 1.165) is 44.9 Å². The van der Waals surface area contributed by atoms with E-state index < -0.39 is 11.9 Å². The van der Waals surface area contributed by atoms with Crippen molar-refractivity contribution >= 4 is 34.8 Å². The second kappa shape index (κ2) is 8.44. The fourth-order valence-electron chi connectivity index (χ4n) is 1.47. The first kappa shape index (κ1) is 15.4. The summed E-state index contributed by atoms with van der Waals surface area (Å²) in [6.45, 7) is 5.08. The van der Waals surface area contributed by atoms with Crippen LogP contribution in [0.5, 0.6) is 0 Å². The van der Waals surface area contributed by atoms with Crippen LogP contribution in [0.1, 0.15) is 0 Å². The SMILES string of the molecule is COC(=O)/C=C/C(=O)OCCN1CCN(I)CC1. The average molecular weight is 368 g/mol. The molecule has 1 aliphatic heterocycles. The lowest BCUT2D eigenvalue weighted by molar-refractivity contribution is -0.139. The molecule has 6 nitrogen and oxygen atoms in total. The van der Waals surface area contributed by atoms with Crippen molar-refractivity contribution < 1.29 is 19.1 Å². The third kappa shape index (κ3) is 6.31. The lowest BCUT2D eigenvalue weighted by atomic mass is 10.3. The van der Waals surface area contributed by atoms with Crippen LogP contribution in [0.3, 0.4) is 0 Å². The zero-order chi connectivity index (χ0) is 13.4. The van der Waals surface area contributed by atoms with E-state index in [4.69, 9.17) is 4.74 Å². The molecule has 0 aromatic carbocycles. The van der Waals surface area contributed by atoms with E-state index in [9.17, 15) is 9.59 Å². The summed E-state index contributed by atoms with van der Waals surface area (Å²) in [4.78, 5) is 24.2. The van der Waals surface area contributed by atoms with Crippen molar-refractivity contribution in [1.82, 2.24) is 8.01 Å². The summed E-state index contributed by atoms with van der Waals surface area (Å²) in [7, 11) is 1.25. The first-order valence-electron chi connectivity index (χ1n) is 5.67. The van der Waals surface area contributed by atoms with Crippen LogP contribution in [0.4, 0.5) is 0 Å². The van der Waals surface area contributed by atoms with Gasteiger partial charge in [0.1, 0.15) is 6.61 Å². The topological polar surface area (TPSA) is 59.1 Å². The molecule has 0 aliphatic carbocycles. The van der Waals surface area contributed by atoms with Crippen molar-refractivity contribution in [3.63, 3.8) is 0 Å². The molecule has 1 saturated heterocycles. The molecule has 0 bridgehead atoms. The Kier molecular flexibility index (Phi) is 7.21. The van der Waals surface area contributed by atoms with E-state index >= 15 is 0 Å². The Morgan fingerprint density at radius 1 is 1.17 bits per heavy atom. The van der Waals surface area contributed by atoms with Gasteiger partial charge in [-0.15, -0.1) is 0 Å². The number of methoxy groups -OCH3 is 1. The van der Waals surface area contributed by atoms with Crippen molar-refractivity contribution in [3.05, 3.63) is 12.2 Å². The number of hydrogen-bond acceptors (Lipinski definition) is 6. The largest absolute Gasteiger partial charge is 0.466 e. The Labute approximate surface area is 120 Å². The molecule has 18 heavy (non-hydrogen) atoms. The summed E-state index contributed by atoms with van der Waals surface area (Å²) in [5.41, 5.74) is 0. The Morgan fingerprint density at radius 3 is 2.39 bits per heavy atom. The molecule has 7 heteroatoms. The van der Waals surface area contributed by atoms with Crippen LogP contribution in [0.15, 0.2) is 12.2 Å². The fraction of sp³-hybridized carbons (Fsp3) is 0.636. The van der Waals surface area contributed by atoms with Gasteiger partial charge in [-0.1, -0.05) is 0 Å². The number of rotatable bonds is 5. The molecule has 0 spiro atoms. The standard InChI is InChI=1S/C11H17IN2O4/c1-17-10(15)2-3-11(16)18-9-8-13-4-6-14(12)7-5-13/h2-3H,4-9H2,1H3/b3-2+. The molecule has 0 radical (unpaired) electrons. The highest BCUT2D eigenvalue weighted by Crippen LogP contribution is 2.05. The highest BCUT2D eigenvalue weighted by molar-refractivity contribution is 14.1. The van der Waals surface area contributed by atoms with Crippen molar-refractivity contribution in [2.24, 2.45) is 0 Å². The van der Waals surface area contributed by atoms with Gasteiger partial charge < -0.3 is 9.47 Å². The first-order chi connectivity index (χ1) is 8.61. The lowest BCUT2D eigenvalue weighted by Crippen LogP contribution is -2.43. The first-order valence-corrected chi connectivity index (χ1v) is 6.64. The summed E-state index contributed by atoms with van der Waals surface area (Å²) in [6.07, 6.45) is 2.13. The number of carbonyl (C=O) groups is 2. The Bertz CT molecular complexity index is 314. The van der Waals surface area contributed by atoms with Crippen molar-refractivity contribution in [2.75, 3.05) is 46.4 Å². The van der Waals surface area contributed by atoms with Gasteiger partial charge in [0, 0.05) is 67.7 Å². The number of carbonyl (C=O) groups excluding carboxylic acids is 2. The zero-order valence-electron chi connectivity index (χ0n) is 10.3. The van der Waals surface area contributed by atoms with E-state index in [-0.39, 0.29) is 0 Å². The number of ether oxygens (including phenoxy) is 2. The maximum atomic E-state index is 11.2. The maximum Gasteiger partial charge on any atom is 0.331 e. The second-order valence-corrected chi connectivity index (χ2v) is 5.14. The highest BCUT2D eigenvalue weighted by atomic mass is 127. The van der Waals surface area contributed by atoms with Crippen LogP contribution < -0.4 is 0 Å². The van der Waals surface area contributed by atoms with Crippen LogP contribution in [0, 0.1) is 0 Å². The molecule has 0 atom stereocenters. The molecule has 102 valence electrons. The summed E-state index contributed by atoms with van der Waals surface area (Å²) < 4.78 is 11.6. The van der Waals surface area contributed by atoms with Crippen LogP contribution >= 0.6 is 22.9 Å². The lowest BCUT2D eigenvalue weighted by Gasteiger charge is -2.30. The van der Waals surface area contributed by atoms with Gasteiger partial charge in [-0.05, 0) is 0 Å². The monoisotopic (exact) mass is 368 g/mol. The summed E-state index contributed by atoms with van der Waals surface area (Å²) in [6, 6.07) is 0. The third-order valence-electron chi connectivity index (χ3n) is 2.53. The Hall–Kier alpha value is -0.670. The van der Waals surface area contributed by atoms with Gasteiger partial charge in [0.05, 0.1) is 7.11 Å². The van der Waals surface area contributed by atoms with Crippen molar-refractivity contribution in [2.45, 2.75) is 0 Å². The second-order valence-electron chi connectivity index (χ2n) is 3.78. The van der Waals surface area contributed by atoms with Gasteiger partial charge in [0.2, 0.25) is 0 Å². The van der Waals surface area contributed by atoms with E-state index in [2.05, 4.69) is 35.6 Å². The van der Waals surface area contributed by atoms with Gasteiger partial charge in [-0.2, -0.15) is 0 Å². The van der Waals surface area contributed by atoms with Gasteiger partial charge in [0.15, 0.2) is 0 Å². The van der Waals surface area contributed by atoms with Crippen LogP contribution in [-0.4, -0.2) is 66.4 Å². The van der Waals surface area contributed by atoms with Gasteiger partial charge in [-0.25, -0.2) is 12.7 Å². The predicted octanol–water partition coefficient (Wildman–Crippen LogP) is 0.226. The van der Waals surface area contributed by atoms with Crippen LogP contribution in [-0.2, 0) is 19.1 Å². The molecule has 1 aliphatic rings. The fourth-order valence-corrected chi connectivity index (χ4v) is 1.91. The number of halogens is 1. The molecule has 0 N–H and O–H groups in total. The maximum absolute atomic E-state index is 11.2. The number of esters is 2. The molecule has 1 rings (SSSR count). The third-order valence-corrected chi connectivity index (χ3v) is 3.49. The molecule has 0 aromatic heterocycles. The normalized spacial score (nSPS) is 17.9. The molecule has 0 amide bonds. The highest BCUT2D eigenvalue weighted by Gasteiger charge is 2.14. The predicted molar refractivity (Wildman–Crippen MR) is 74.1 cm³/mol. The van der Waals surface area contributed by atoms with E-state index in [1.54, 1.807) is 0 Å². The number of piperazine rings is 1. The molecule has 1 fully saturated rings. The minimum atomic E-state index is -0.565. The van der Waals surface area contributed by atoms with Gasteiger partial charge in [-0.3, -0.25) is 4.90 Å². The summed E-state index contributed by atoms with van der Waals surface area (Å²) >= 11 is 2.30. The molecule has 1 heterocycles. The minimum Gasteiger partial charge on any atom is -0.466 e. The van der Waals surface area contributed by atoms with E-state index in [1.165, 1.54) is 7.11 Å². The van der Waals surface area contributed by atoms with Crippen LogP contribution in [0.25, 0.3) is 0 Å². The summed E-state index contributed by atoms with van der Waals surface area (Å²) in [5, 5.41) is 0. The van der Waals surface area contributed by atoms with Gasteiger partial charge >= 0.3 is 11.9 Å². The Balaban J connectivity index is 2.12. The van der Waals surface area contributed by atoms with E-state index in [0.29, 0.717) is 6.61 Å². The zero-order valence-corrected chi connectivity index (χ0v) is 12.5. The smallest absolute Gasteiger partial charge is 0.331 e. The van der Waals surface area contributed by atoms with Gasteiger partial charge in [0.25, 0.3) is 0 Å². The van der Waals surface area contributed by atoms with E-state index in [1.807, 2.05) is 0 Å². The Morgan fingerprint density at radius 2 is 1.78 bits per heavy atom. The van der Waals surface area contributed by atoms with Crippen molar-refractivity contribution in [1.29, 1.82) is 0 Å². The number of nitrogens with zero attached hydrogens (tertiary/aromatic N) is 2. The molecule has 0 aromatic rings. The minimum absolute atomic E-state index is 0.339. The van der Waals surface area contributed by atoms with Crippen LogP contribution in [0.2, 0.25) is 0 Å². The number of hydrogen-bond donors (Lipinski definition) is 0. The van der Waals surface area contributed by atoms with Crippen molar-refractivity contribution in [3.8, 4) is 0 Å².